The molecule has 8 N–H and O–H groups in total. The third-order valence-electron chi connectivity index (χ3n) is 4.96. The lowest BCUT2D eigenvalue weighted by Crippen LogP contribution is -2.59. The quantitative estimate of drug-likeness (QED) is 0.0857. The lowest BCUT2D eigenvalue weighted by atomic mass is 9.88. The molecule has 1 saturated heterocycles. The Balaban J connectivity index is 2.33. The summed E-state index contributed by atoms with van der Waals surface area (Å²) in [5.41, 5.74) is -2.26. The van der Waals surface area contributed by atoms with Crippen LogP contribution in [-0.4, -0.2) is 122 Å². The van der Waals surface area contributed by atoms with E-state index in [9.17, 15) is 40.5 Å². The third kappa shape index (κ3) is 5.16. The number of aliphatic hydroxyl groups excluding tert-OH is 8. The highest BCUT2D eigenvalue weighted by Crippen LogP contribution is 2.40. The second-order valence-electron chi connectivity index (χ2n) is 7.15. The first-order valence-electron chi connectivity index (χ1n) is 9.42. The van der Waals surface area contributed by atoms with Crippen molar-refractivity contribution in [3.05, 3.63) is 24.2 Å². The maximum absolute atomic E-state index is 12.4. The van der Waals surface area contributed by atoms with E-state index in [-0.39, 0.29) is 6.61 Å². The van der Waals surface area contributed by atoms with Crippen LogP contribution in [0.3, 0.4) is 0 Å². The predicted octanol–water partition coefficient (Wildman–Crippen LogP) is -3.83. The molecule has 0 aromatic carbocycles. The average molecular weight is 452 g/mol. The highest BCUT2D eigenvalue weighted by Gasteiger charge is 2.57. The number of carbonyl (C=O) groups excluding carboxylic acids is 1. The Bertz CT molecular complexity index is 665. The van der Waals surface area contributed by atoms with Gasteiger partial charge in [0, 0.05) is 6.42 Å². The molecule has 0 saturated carbocycles. The van der Waals surface area contributed by atoms with Gasteiger partial charge in [-0.3, -0.25) is 0 Å². The summed E-state index contributed by atoms with van der Waals surface area (Å²) in [6.45, 7) is 1.45. The molecule has 0 aromatic rings. The van der Waals surface area contributed by atoms with Crippen molar-refractivity contribution in [3.63, 3.8) is 0 Å². The van der Waals surface area contributed by atoms with Crippen molar-refractivity contribution in [2.75, 3.05) is 26.4 Å². The second-order valence-corrected chi connectivity index (χ2v) is 7.15. The van der Waals surface area contributed by atoms with Gasteiger partial charge in [0.05, 0.1) is 32.5 Å². The van der Waals surface area contributed by atoms with Crippen LogP contribution in [0.2, 0.25) is 0 Å². The Kier molecular flexibility index (Phi) is 8.76. The smallest absolute Gasteiger partial charge is 0.378 e. The number of esters is 1. The zero-order valence-electron chi connectivity index (χ0n) is 16.5. The number of cyclic esters (lactones) is 1. The fourth-order valence-electron chi connectivity index (χ4n) is 3.25. The Labute approximate surface area is 177 Å². The standard InChI is InChI=1S/C18H28O13/c1-2-3-28-7-10(22)18(4-8(21)5-19)15(26)14(16(27)31-18)30-17-13(25)12(24)11(23)9(6-20)29-17/h2,8-13,17,19-26H,1,3-7H2/t8?,9-,10+,11-,12+,13-,17?,18-/m1/s1. The topological polar surface area (TPSA) is 216 Å². The van der Waals surface area contributed by atoms with E-state index in [0.717, 1.165) is 0 Å². The van der Waals surface area contributed by atoms with Crippen molar-refractivity contribution in [1.29, 1.82) is 0 Å². The molecule has 2 unspecified atom stereocenters. The summed E-state index contributed by atoms with van der Waals surface area (Å²) in [5, 5.41) is 79.2. The fourth-order valence-corrected chi connectivity index (χ4v) is 3.25. The Morgan fingerprint density at radius 3 is 2.42 bits per heavy atom. The molecule has 13 heteroatoms. The molecule has 0 amide bonds. The van der Waals surface area contributed by atoms with Crippen molar-refractivity contribution in [2.45, 2.75) is 54.9 Å². The minimum atomic E-state index is -2.26. The molecule has 31 heavy (non-hydrogen) atoms. The maximum atomic E-state index is 12.4. The zero-order chi connectivity index (χ0) is 23.3. The van der Waals surface area contributed by atoms with Crippen LogP contribution in [0.1, 0.15) is 6.42 Å². The summed E-state index contributed by atoms with van der Waals surface area (Å²) in [6.07, 6.45) is -11.0. The lowest BCUT2D eigenvalue weighted by Gasteiger charge is -2.39. The molecule has 0 aliphatic carbocycles. The first-order valence-corrected chi connectivity index (χ1v) is 9.42. The molecule has 2 heterocycles. The molecule has 2 rings (SSSR count). The molecule has 2 aliphatic rings. The van der Waals surface area contributed by atoms with Gasteiger partial charge in [-0.15, -0.1) is 6.58 Å². The number of ether oxygens (including phenoxy) is 4. The summed E-state index contributed by atoms with van der Waals surface area (Å²) in [6, 6.07) is 0. The van der Waals surface area contributed by atoms with Crippen molar-refractivity contribution >= 4 is 5.97 Å². The predicted molar refractivity (Wildman–Crippen MR) is 98.1 cm³/mol. The Hall–Kier alpha value is -1.81. The Morgan fingerprint density at radius 1 is 1.16 bits per heavy atom. The highest BCUT2D eigenvalue weighted by atomic mass is 16.7. The molecular weight excluding hydrogens is 424 g/mol. The summed E-state index contributed by atoms with van der Waals surface area (Å²) >= 11 is 0. The van der Waals surface area contributed by atoms with E-state index in [4.69, 9.17) is 24.1 Å². The molecule has 0 radical (unpaired) electrons. The number of aliphatic hydroxyl groups is 8. The number of carbonyl (C=O) groups is 1. The number of hydrogen-bond acceptors (Lipinski definition) is 13. The molecule has 0 spiro atoms. The average Bonchev–Trinajstić information content (AvgIpc) is 2.98. The van der Waals surface area contributed by atoms with Crippen LogP contribution >= 0.6 is 0 Å². The van der Waals surface area contributed by atoms with E-state index in [1.165, 1.54) is 6.08 Å². The minimum absolute atomic E-state index is 0.0162. The van der Waals surface area contributed by atoms with E-state index >= 15 is 0 Å². The van der Waals surface area contributed by atoms with E-state index in [0.29, 0.717) is 0 Å². The number of hydrogen-bond donors (Lipinski definition) is 8. The van der Waals surface area contributed by atoms with E-state index in [1.807, 2.05) is 0 Å². The summed E-state index contributed by atoms with van der Waals surface area (Å²) in [7, 11) is 0. The third-order valence-corrected chi connectivity index (χ3v) is 4.96. The first-order chi connectivity index (χ1) is 14.6. The van der Waals surface area contributed by atoms with Gasteiger partial charge >= 0.3 is 5.97 Å². The molecule has 178 valence electrons. The summed E-state index contributed by atoms with van der Waals surface area (Å²) in [4.78, 5) is 12.4. The van der Waals surface area contributed by atoms with Crippen molar-refractivity contribution in [3.8, 4) is 0 Å². The minimum Gasteiger partial charge on any atom is -0.505 e. The van der Waals surface area contributed by atoms with Crippen LogP contribution in [0.4, 0.5) is 0 Å². The molecule has 0 bridgehead atoms. The van der Waals surface area contributed by atoms with Crippen LogP contribution in [0, 0.1) is 0 Å². The molecular formula is C18H28O13. The fraction of sp³-hybridized carbons (Fsp3) is 0.722. The molecule has 8 atom stereocenters. The van der Waals surface area contributed by atoms with Gasteiger partial charge < -0.3 is 59.8 Å². The van der Waals surface area contributed by atoms with Crippen molar-refractivity contribution in [1.82, 2.24) is 0 Å². The molecule has 0 aromatic heterocycles. The van der Waals surface area contributed by atoms with E-state index in [2.05, 4.69) is 6.58 Å². The SMILES string of the molecule is C=CCOC[C@H](O)[C@@]1(CC(O)CO)OC(=O)C(OC2O[C@H](CO)[C@@H](O)[C@H](O)[C@H]2O)=C1O. The summed E-state index contributed by atoms with van der Waals surface area (Å²) in [5.74, 6) is -3.18. The second kappa shape index (κ2) is 10.7. The highest BCUT2D eigenvalue weighted by molar-refractivity contribution is 5.90. The normalized spacial score (nSPS) is 35.6. The zero-order valence-corrected chi connectivity index (χ0v) is 16.5. The van der Waals surface area contributed by atoms with Crippen LogP contribution in [0.25, 0.3) is 0 Å². The van der Waals surface area contributed by atoms with Gasteiger partial charge in [0.25, 0.3) is 0 Å². The van der Waals surface area contributed by atoms with Crippen molar-refractivity contribution < 1.29 is 64.6 Å². The summed E-state index contributed by atoms with van der Waals surface area (Å²) < 4.78 is 20.5. The van der Waals surface area contributed by atoms with Crippen LogP contribution < -0.4 is 0 Å². The van der Waals surface area contributed by atoms with Gasteiger partial charge in [-0.1, -0.05) is 6.08 Å². The first kappa shape index (κ1) is 25.5. The van der Waals surface area contributed by atoms with Gasteiger partial charge in [-0.2, -0.15) is 0 Å². The monoisotopic (exact) mass is 452 g/mol. The lowest BCUT2D eigenvalue weighted by molar-refractivity contribution is -0.291. The largest absolute Gasteiger partial charge is 0.505 e. The maximum Gasteiger partial charge on any atom is 0.378 e. The van der Waals surface area contributed by atoms with Gasteiger partial charge in [0.2, 0.25) is 17.7 Å². The molecule has 13 nitrogen and oxygen atoms in total. The van der Waals surface area contributed by atoms with E-state index < -0.39 is 92.2 Å². The van der Waals surface area contributed by atoms with Crippen LogP contribution in [0.15, 0.2) is 24.2 Å². The van der Waals surface area contributed by atoms with Gasteiger partial charge in [0.1, 0.15) is 30.5 Å². The van der Waals surface area contributed by atoms with E-state index in [1.54, 1.807) is 0 Å². The molecule has 2 aliphatic heterocycles. The number of rotatable bonds is 11. The van der Waals surface area contributed by atoms with Crippen LogP contribution in [0.5, 0.6) is 0 Å². The van der Waals surface area contributed by atoms with Crippen molar-refractivity contribution in [2.24, 2.45) is 0 Å². The van der Waals surface area contributed by atoms with Gasteiger partial charge in [-0.05, 0) is 0 Å². The van der Waals surface area contributed by atoms with Gasteiger partial charge in [-0.25, -0.2) is 4.79 Å². The van der Waals surface area contributed by atoms with Crippen LogP contribution in [-0.2, 0) is 23.7 Å². The molecule has 1 fully saturated rings. The van der Waals surface area contributed by atoms with Gasteiger partial charge in [0.15, 0.2) is 5.76 Å². The Morgan fingerprint density at radius 2 is 1.84 bits per heavy atom.